The predicted octanol–water partition coefficient (Wildman–Crippen LogP) is 2.47. The molecule has 0 atom stereocenters. The van der Waals surface area contributed by atoms with Gasteiger partial charge in [0.05, 0.1) is 5.56 Å². The average Bonchev–Trinajstić information content (AvgIpc) is 2.40. The first kappa shape index (κ1) is 13.4. The van der Waals surface area contributed by atoms with Crippen molar-refractivity contribution in [2.24, 2.45) is 0 Å². The first-order valence-electron chi connectivity index (χ1n) is 5.23. The quantitative estimate of drug-likeness (QED) is 0.627. The van der Waals surface area contributed by atoms with Crippen molar-refractivity contribution in [1.82, 2.24) is 0 Å². The minimum Gasteiger partial charge on any atom is -0.478 e. The van der Waals surface area contributed by atoms with E-state index in [1.807, 2.05) is 18.2 Å². The van der Waals surface area contributed by atoms with Gasteiger partial charge in [-0.05, 0) is 12.1 Å². The van der Waals surface area contributed by atoms with E-state index in [9.17, 15) is 9.59 Å². The second-order valence-electron chi connectivity index (χ2n) is 3.42. The van der Waals surface area contributed by atoms with Crippen LogP contribution >= 0.6 is 0 Å². The van der Waals surface area contributed by atoms with E-state index in [0.717, 1.165) is 11.8 Å². The summed E-state index contributed by atoms with van der Waals surface area (Å²) in [6.07, 6.45) is 0.833. The number of carboxylic acids is 1. The molecule has 0 heterocycles. The summed E-state index contributed by atoms with van der Waals surface area (Å²) in [5.41, 5.74) is 6.53. The van der Waals surface area contributed by atoms with E-state index in [4.69, 9.17) is 10.8 Å². The number of hydrogen-bond acceptors (Lipinski definition) is 3. The van der Waals surface area contributed by atoms with E-state index in [2.05, 4.69) is 0 Å². The summed E-state index contributed by atoms with van der Waals surface area (Å²) in [4.78, 5) is 20.3. The fraction of sp³-hybridized carbons (Fsp3) is 0. The van der Waals surface area contributed by atoms with Crippen molar-refractivity contribution in [1.29, 1.82) is 0 Å². The molecular weight excluding hydrogens is 230 g/mol. The Morgan fingerprint density at radius 2 is 1.56 bits per heavy atom. The fourth-order valence-electron chi connectivity index (χ4n) is 1.22. The SMILES string of the molecule is Nc1ccccc1C(=O)O.O=Cc1ccccc1. The third kappa shape index (κ3) is 4.09. The molecule has 0 aliphatic carbocycles. The molecule has 2 aromatic carbocycles. The van der Waals surface area contributed by atoms with E-state index in [-0.39, 0.29) is 5.56 Å². The molecule has 2 aromatic rings. The number of rotatable bonds is 2. The number of carbonyl (C=O) groups excluding carboxylic acids is 1. The number of para-hydroxylation sites is 1. The molecule has 0 aromatic heterocycles. The van der Waals surface area contributed by atoms with E-state index < -0.39 is 5.97 Å². The van der Waals surface area contributed by atoms with Crippen molar-refractivity contribution in [3.8, 4) is 0 Å². The molecule has 0 saturated carbocycles. The number of carbonyl (C=O) groups is 2. The number of carboxylic acid groups (broad SMARTS) is 1. The van der Waals surface area contributed by atoms with Crippen LogP contribution in [0.2, 0.25) is 0 Å². The van der Waals surface area contributed by atoms with Gasteiger partial charge in [0.2, 0.25) is 0 Å². The maximum Gasteiger partial charge on any atom is 0.337 e. The Balaban J connectivity index is 0.000000184. The fourth-order valence-corrected chi connectivity index (χ4v) is 1.22. The molecule has 0 unspecified atom stereocenters. The van der Waals surface area contributed by atoms with Crippen LogP contribution in [0.5, 0.6) is 0 Å². The van der Waals surface area contributed by atoms with Crippen molar-refractivity contribution in [3.63, 3.8) is 0 Å². The van der Waals surface area contributed by atoms with Crippen LogP contribution in [0.3, 0.4) is 0 Å². The van der Waals surface area contributed by atoms with Crippen LogP contribution in [0.1, 0.15) is 20.7 Å². The highest BCUT2D eigenvalue weighted by molar-refractivity contribution is 5.93. The first-order chi connectivity index (χ1) is 8.65. The number of aldehydes is 1. The number of aromatic carboxylic acids is 1. The Labute approximate surface area is 105 Å². The zero-order valence-corrected chi connectivity index (χ0v) is 9.61. The maximum absolute atomic E-state index is 10.3. The van der Waals surface area contributed by atoms with Crippen LogP contribution in [0.15, 0.2) is 54.6 Å². The lowest BCUT2D eigenvalue weighted by atomic mass is 10.2. The van der Waals surface area contributed by atoms with E-state index in [1.165, 1.54) is 6.07 Å². The second kappa shape index (κ2) is 6.85. The minimum atomic E-state index is -0.988. The summed E-state index contributed by atoms with van der Waals surface area (Å²) in [5.74, 6) is -0.988. The van der Waals surface area contributed by atoms with Crippen LogP contribution in [-0.4, -0.2) is 17.4 Å². The summed E-state index contributed by atoms with van der Waals surface area (Å²) in [6, 6.07) is 15.5. The molecule has 0 amide bonds. The molecule has 0 spiro atoms. The van der Waals surface area contributed by atoms with Crippen LogP contribution in [0.4, 0.5) is 5.69 Å². The highest BCUT2D eigenvalue weighted by atomic mass is 16.4. The summed E-state index contributed by atoms with van der Waals surface area (Å²) in [6.45, 7) is 0. The van der Waals surface area contributed by atoms with Gasteiger partial charge in [-0.2, -0.15) is 0 Å². The highest BCUT2D eigenvalue weighted by Gasteiger charge is 2.03. The van der Waals surface area contributed by atoms with E-state index >= 15 is 0 Å². The second-order valence-corrected chi connectivity index (χ2v) is 3.42. The number of anilines is 1. The molecule has 0 saturated heterocycles. The number of nitrogens with two attached hydrogens (primary N) is 1. The van der Waals surface area contributed by atoms with Gasteiger partial charge in [-0.1, -0.05) is 42.5 Å². The van der Waals surface area contributed by atoms with Gasteiger partial charge in [-0.3, -0.25) is 4.79 Å². The number of nitrogen functional groups attached to an aromatic ring is 1. The summed E-state index contributed by atoms with van der Waals surface area (Å²) in [5, 5.41) is 8.49. The molecule has 0 bridgehead atoms. The third-order valence-electron chi connectivity index (χ3n) is 2.13. The average molecular weight is 243 g/mol. The van der Waals surface area contributed by atoms with Crippen molar-refractivity contribution in [2.45, 2.75) is 0 Å². The van der Waals surface area contributed by atoms with Gasteiger partial charge in [0.25, 0.3) is 0 Å². The summed E-state index contributed by atoms with van der Waals surface area (Å²) in [7, 11) is 0. The maximum atomic E-state index is 10.3. The van der Waals surface area contributed by atoms with E-state index in [1.54, 1.807) is 30.3 Å². The monoisotopic (exact) mass is 243 g/mol. The molecule has 0 radical (unpaired) electrons. The number of hydrogen-bond donors (Lipinski definition) is 2. The Morgan fingerprint density at radius 1 is 1.00 bits per heavy atom. The van der Waals surface area contributed by atoms with Gasteiger partial charge in [-0.15, -0.1) is 0 Å². The Hall–Kier alpha value is -2.62. The Kier molecular flexibility index (Phi) is 5.12. The van der Waals surface area contributed by atoms with E-state index in [0.29, 0.717) is 5.69 Å². The van der Waals surface area contributed by atoms with Crippen LogP contribution in [0.25, 0.3) is 0 Å². The smallest absolute Gasteiger partial charge is 0.337 e. The van der Waals surface area contributed by atoms with Crippen molar-refractivity contribution >= 4 is 17.9 Å². The van der Waals surface area contributed by atoms with Gasteiger partial charge in [-0.25, -0.2) is 4.79 Å². The largest absolute Gasteiger partial charge is 0.478 e. The van der Waals surface area contributed by atoms with Crippen LogP contribution < -0.4 is 5.73 Å². The summed E-state index contributed by atoms with van der Waals surface area (Å²) < 4.78 is 0. The molecule has 18 heavy (non-hydrogen) atoms. The van der Waals surface area contributed by atoms with Crippen LogP contribution in [-0.2, 0) is 0 Å². The molecule has 4 nitrogen and oxygen atoms in total. The van der Waals surface area contributed by atoms with Gasteiger partial charge in [0, 0.05) is 11.3 Å². The summed E-state index contributed by atoms with van der Waals surface area (Å²) >= 11 is 0. The zero-order valence-electron chi connectivity index (χ0n) is 9.61. The predicted molar refractivity (Wildman–Crippen MR) is 69.6 cm³/mol. The van der Waals surface area contributed by atoms with Crippen molar-refractivity contribution < 1.29 is 14.7 Å². The molecule has 3 N–H and O–H groups in total. The van der Waals surface area contributed by atoms with Gasteiger partial charge in [0.1, 0.15) is 6.29 Å². The van der Waals surface area contributed by atoms with Crippen molar-refractivity contribution in [3.05, 3.63) is 65.7 Å². The zero-order chi connectivity index (χ0) is 13.4. The lowest BCUT2D eigenvalue weighted by Crippen LogP contribution is -2.00. The van der Waals surface area contributed by atoms with Gasteiger partial charge >= 0.3 is 5.97 Å². The first-order valence-corrected chi connectivity index (χ1v) is 5.23. The number of benzene rings is 2. The van der Waals surface area contributed by atoms with Gasteiger partial charge < -0.3 is 10.8 Å². The van der Waals surface area contributed by atoms with Crippen molar-refractivity contribution in [2.75, 3.05) is 5.73 Å². The van der Waals surface area contributed by atoms with Crippen LogP contribution in [0, 0.1) is 0 Å². The molecule has 0 aliphatic rings. The molecule has 2 rings (SSSR count). The minimum absolute atomic E-state index is 0.155. The lowest BCUT2D eigenvalue weighted by molar-refractivity contribution is 0.0698. The third-order valence-corrected chi connectivity index (χ3v) is 2.13. The molecule has 92 valence electrons. The van der Waals surface area contributed by atoms with Gasteiger partial charge in [0.15, 0.2) is 0 Å². The molecular formula is C14H13NO3. The standard InChI is InChI=1S/C7H7NO2.C7H6O/c8-6-4-2-1-3-5(6)7(9)10;8-6-7-4-2-1-3-5-7/h1-4H,8H2,(H,9,10);1-6H. The highest BCUT2D eigenvalue weighted by Crippen LogP contribution is 2.09. The topological polar surface area (TPSA) is 80.4 Å². The normalized spacial score (nSPS) is 8.89. The Morgan fingerprint density at radius 3 is 1.94 bits per heavy atom. The molecule has 0 aliphatic heterocycles. The Bertz CT molecular complexity index is 524. The lowest BCUT2D eigenvalue weighted by Gasteiger charge is -1.96. The molecule has 4 heteroatoms. The molecule has 0 fully saturated rings.